The van der Waals surface area contributed by atoms with Crippen LogP contribution in [0.2, 0.25) is 0 Å². The number of hydrogen-bond acceptors (Lipinski definition) is 3. The third-order valence-corrected chi connectivity index (χ3v) is 3.23. The minimum Gasteiger partial charge on any atom is -0.479 e. The van der Waals surface area contributed by atoms with Crippen LogP contribution in [-0.2, 0) is 4.79 Å². The average Bonchev–Trinajstić information content (AvgIpc) is 3.18. The Morgan fingerprint density at radius 2 is 2.21 bits per heavy atom. The molecule has 100 valence electrons. The zero-order valence-corrected chi connectivity index (χ0v) is 10.6. The highest BCUT2D eigenvalue weighted by molar-refractivity contribution is 6.01. The van der Waals surface area contributed by atoms with Gasteiger partial charge in [0.1, 0.15) is 0 Å². The number of likely N-dealkylation sites (N-methyl/N-ethyl adjacent to an activating group) is 1. The number of anilines is 2. The fourth-order valence-electron chi connectivity index (χ4n) is 1.98. The molecule has 1 aliphatic carbocycles. The van der Waals surface area contributed by atoms with E-state index < -0.39 is 0 Å². The van der Waals surface area contributed by atoms with Gasteiger partial charge in [0.25, 0.3) is 5.91 Å². The summed E-state index contributed by atoms with van der Waals surface area (Å²) in [5.74, 6) is 0.433. The molecule has 0 bridgehead atoms. The average molecular weight is 261 g/mol. The number of carbonyl (C=O) groups is 2. The Kier molecular flexibility index (Phi) is 2.77. The van der Waals surface area contributed by atoms with Gasteiger partial charge >= 0.3 is 6.03 Å². The lowest BCUT2D eigenvalue weighted by Crippen LogP contribution is -2.36. The van der Waals surface area contributed by atoms with Gasteiger partial charge in [0.2, 0.25) is 0 Å². The second kappa shape index (κ2) is 4.46. The van der Waals surface area contributed by atoms with Crippen molar-refractivity contribution in [1.82, 2.24) is 5.32 Å². The van der Waals surface area contributed by atoms with Crippen LogP contribution >= 0.6 is 0 Å². The first-order chi connectivity index (χ1) is 9.15. The highest BCUT2D eigenvalue weighted by atomic mass is 16.5. The van der Waals surface area contributed by atoms with Gasteiger partial charge in [0, 0.05) is 13.1 Å². The molecule has 3 amide bonds. The highest BCUT2D eigenvalue weighted by Gasteiger charge is 2.26. The van der Waals surface area contributed by atoms with Gasteiger partial charge in [-0.3, -0.25) is 4.79 Å². The molecule has 3 rings (SSSR count). The van der Waals surface area contributed by atoms with Crippen LogP contribution in [0.4, 0.5) is 16.2 Å². The standard InChI is InChI=1S/C13H15N3O3/c1-16-10-4-2-3-9(12(10)19-7-11(16)17)15-13(18)14-8-5-6-8/h2-4,8H,5-7H2,1H3,(H2,14,15,18). The molecule has 1 aliphatic heterocycles. The lowest BCUT2D eigenvalue weighted by Gasteiger charge is -2.27. The molecule has 0 saturated heterocycles. The normalized spacial score (nSPS) is 17.5. The predicted octanol–water partition coefficient (Wildman–Crippen LogP) is 1.33. The lowest BCUT2D eigenvalue weighted by molar-refractivity contribution is -0.120. The van der Waals surface area contributed by atoms with Crippen LogP contribution in [0, 0.1) is 0 Å². The molecular formula is C13H15N3O3. The Hall–Kier alpha value is -2.24. The molecule has 1 heterocycles. The van der Waals surface area contributed by atoms with Gasteiger partial charge in [0.05, 0.1) is 11.4 Å². The number of fused-ring (bicyclic) bond motifs is 1. The van der Waals surface area contributed by atoms with E-state index in [4.69, 9.17) is 4.74 Å². The van der Waals surface area contributed by atoms with Crippen molar-refractivity contribution in [3.05, 3.63) is 18.2 Å². The molecule has 19 heavy (non-hydrogen) atoms. The van der Waals surface area contributed by atoms with Crippen LogP contribution in [0.3, 0.4) is 0 Å². The molecule has 1 saturated carbocycles. The number of ether oxygens (including phenoxy) is 1. The molecule has 1 fully saturated rings. The van der Waals surface area contributed by atoms with Crippen molar-refractivity contribution in [2.45, 2.75) is 18.9 Å². The van der Waals surface area contributed by atoms with E-state index in [1.54, 1.807) is 25.2 Å². The molecule has 0 unspecified atom stereocenters. The summed E-state index contributed by atoms with van der Waals surface area (Å²) in [5.41, 5.74) is 1.25. The van der Waals surface area contributed by atoms with Crippen LogP contribution in [-0.4, -0.2) is 31.6 Å². The van der Waals surface area contributed by atoms with Gasteiger partial charge in [0.15, 0.2) is 12.4 Å². The van der Waals surface area contributed by atoms with Crippen molar-refractivity contribution < 1.29 is 14.3 Å². The quantitative estimate of drug-likeness (QED) is 0.843. The SMILES string of the molecule is CN1C(=O)COc2c(NC(=O)NC3CC3)cccc21. The minimum atomic E-state index is -0.237. The molecule has 2 aliphatic rings. The van der Waals surface area contributed by atoms with Gasteiger partial charge in [-0.2, -0.15) is 0 Å². The van der Waals surface area contributed by atoms with Crippen LogP contribution < -0.4 is 20.3 Å². The first kappa shape index (κ1) is 11.8. The molecule has 1 aromatic carbocycles. The molecule has 6 nitrogen and oxygen atoms in total. The summed E-state index contributed by atoms with van der Waals surface area (Å²) in [5, 5.41) is 5.61. The van der Waals surface area contributed by atoms with E-state index in [9.17, 15) is 9.59 Å². The van der Waals surface area contributed by atoms with Crippen LogP contribution in [0.25, 0.3) is 0 Å². The molecule has 0 radical (unpaired) electrons. The summed E-state index contributed by atoms with van der Waals surface area (Å²) < 4.78 is 5.43. The first-order valence-electron chi connectivity index (χ1n) is 6.25. The molecule has 0 aromatic heterocycles. The smallest absolute Gasteiger partial charge is 0.319 e. The Labute approximate surface area is 110 Å². The lowest BCUT2D eigenvalue weighted by atomic mass is 10.2. The number of nitrogens with zero attached hydrogens (tertiary/aromatic N) is 1. The molecular weight excluding hydrogens is 246 g/mol. The van der Waals surface area contributed by atoms with Crippen LogP contribution in [0.1, 0.15) is 12.8 Å². The van der Waals surface area contributed by atoms with Gasteiger partial charge < -0.3 is 20.3 Å². The van der Waals surface area contributed by atoms with E-state index >= 15 is 0 Å². The number of carbonyl (C=O) groups excluding carboxylic acids is 2. The van der Waals surface area contributed by atoms with Crippen LogP contribution in [0.5, 0.6) is 5.75 Å². The maximum atomic E-state index is 11.7. The summed E-state index contributed by atoms with van der Waals surface area (Å²) >= 11 is 0. The number of hydrogen-bond donors (Lipinski definition) is 2. The maximum absolute atomic E-state index is 11.7. The topological polar surface area (TPSA) is 70.7 Å². The highest BCUT2D eigenvalue weighted by Crippen LogP contribution is 2.37. The maximum Gasteiger partial charge on any atom is 0.319 e. The Bertz CT molecular complexity index is 540. The van der Waals surface area contributed by atoms with Gasteiger partial charge in [-0.25, -0.2) is 4.79 Å². The molecule has 1 aromatic rings. The summed E-state index contributed by atoms with van der Waals surface area (Å²) in [6.45, 7) is -0.00750. The van der Waals surface area contributed by atoms with E-state index in [0.717, 1.165) is 12.8 Å². The zero-order chi connectivity index (χ0) is 13.4. The summed E-state index contributed by atoms with van der Waals surface area (Å²) in [7, 11) is 1.69. The second-order valence-corrected chi connectivity index (χ2v) is 4.77. The second-order valence-electron chi connectivity index (χ2n) is 4.77. The summed E-state index contributed by atoms with van der Waals surface area (Å²) in [6, 6.07) is 5.39. The first-order valence-corrected chi connectivity index (χ1v) is 6.25. The Morgan fingerprint density at radius 3 is 2.95 bits per heavy atom. The third-order valence-electron chi connectivity index (χ3n) is 3.23. The van der Waals surface area contributed by atoms with Crippen molar-refractivity contribution in [2.75, 3.05) is 23.9 Å². The summed E-state index contributed by atoms with van der Waals surface area (Å²) in [6.07, 6.45) is 2.07. The molecule has 0 atom stereocenters. The van der Waals surface area contributed by atoms with Gasteiger partial charge in [-0.05, 0) is 25.0 Å². The Balaban J connectivity index is 1.82. The monoisotopic (exact) mass is 261 g/mol. The van der Waals surface area contributed by atoms with E-state index in [0.29, 0.717) is 23.2 Å². The van der Waals surface area contributed by atoms with Crippen molar-refractivity contribution in [3.63, 3.8) is 0 Å². The predicted molar refractivity (Wildman–Crippen MR) is 70.5 cm³/mol. The van der Waals surface area contributed by atoms with E-state index in [2.05, 4.69) is 10.6 Å². The van der Waals surface area contributed by atoms with E-state index in [1.165, 1.54) is 4.90 Å². The van der Waals surface area contributed by atoms with E-state index in [-0.39, 0.29) is 18.5 Å². The number of amides is 3. The number of para-hydroxylation sites is 1. The van der Waals surface area contributed by atoms with Crippen molar-refractivity contribution >= 4 is 23.3 Å². The van der Waals surface area contributed by atoms with Crippen molar-refractivity contribution in [3.8, 4) is 5.75 Å². The van der Waals surface area contributed by atoms with Crippen molar-refractivity contribution in [2.24, 2.45) is 0 Å². The summed E-state index contributed by atoms with van der Waals surface area (Å²) in [4.78, 5) is 24.8. The number of nitrogens with one attached hydrogen (secondary N) is 2. The third kappa shape index (κ3) is 2.33. The fourth-order valence-corrected chi connectivity index (χ4v) is 1.98. The fraction of sp³-hybridized carbons (Fsp3) is 0.385. The minimum absolute atomic E-state index is 0.00750. The molecule has 6 heteroatoms. The van der Waals surface area contributed by atoms with Gasteiger partial charge in [-0.15, -0.1) is 0 Å². The van der Waals surface area contributed by atoms with Gasteiger partial charge in [-0.1, -0.05) is 6.07 Å². The molecule has 0 spiro atoms. The number of rotatable bonds is 2. The number of benzene rings is 1. The Morgan fingerprint density at radius 1 is 1.42 bits per heavy atom. The van der Waals surface area contributed by atoms with E-state index in [1.807, 2.05) is 0 Å². The largest absolute Gasteiger partial charge is 0.479 e. The van der Waals surface area contributed by atoms with Crippen molar-refractivity contribution in [1.29, 1.82) is 0 Å². The zero-order valence-electron chi connectivity index (χ0n) is 10.6. The number of urea groups is 1. The van der Waals surface area contributed by atoms with Crippen LogP contribution in [0.15, 0.2) is 18.2 Å². The molecule has 2 N–H and O–H groups in total.